The molecule has 2 N–H and O–H groups in total. The average molecular weight is 465 g/mol. The van der Waals surface area contributed by atoms with Crippen LogP contribution in [0.25, 0.3) is 0 Å². The van der Waals surface area contributed by atoms with Crippen LogP contribution in [-0.2, 0) is 17.1 Å². The standard InChI is InChI=1S/C23H17BrN2O4/c24-16-5-3-4-14(10-16)12-26-22(28)17-6-1-2-7-18(17)23(26,29)15-8-9-20-19(11-15)25-21(27)13-30-20/h1-11,29H,12-13H2,(H,25,27). The lowest BCUT2D eigenvalue weighted by molar-refractivity contribution is -0.118. The number of halogens is 1. The van der Waals surface area contributed by atoms with E-state index in [9.17, 15) is 14.7 Å². The number of amides is 2. The zero-order valence-electron chi connectivity index (χ0n) is 15.8. The summed E-state index contributed by atoms with van der Waals surface area (Å²) in [7, 11) is 0. The molecule has 6 nitrogen and oxygen atoms in total. The number of hydrogen-bond acceptors (Lipinski definition) is 4. The van der Waals surface area contributed by atoms with Crippen LogP contribution in [-0.4, -0.2) is 28.4 Å². The van der Waals surface area contributed by atoms with E-state index in [-0.39, 0.29) is 25.0 Å². The van der Waals surface area contributed by atoms with E-state index in [0.717, 1.165) is 10.0 Å². The first-order valence-electron chi connectivity index (χ1n) is 9.42. The van der Waals surface area contributed by atoms with Gasteiger partial charge in [-0.2, -0.15) is 0 Å². The number of carbonyl (C=O) groups excluding carboxylic acids is 2. The molecule has 0 spiro atoms. The number of rotatable bonds is 3. The number of ether oxygens (including phenoxy) is 1. The van der Waals surface area contributed by atoms with E-state index in [1.165, 1.54) is 4.90 Å². The molecule has 0 aromatic heterocycles. The normalized spacial score (nSPS) is 19.7. The highest BCUT2D eigenvalue weighted by Crippen LogP contribution is 2.45. The molecule has 0 aliphatic carbocycles. The molecule has 0 radical (unpaired) electrons. The molecule has 0 fully saturated rings. The van der Waals surface area contributed by atoms with Gasteiger partial charge in [0.25, 0.3) is 11.8 Å². The Balaban J connectivity index is 1.65. The molecule has 5 rings (SSSR count). The van der Waals surface area contributed by atoms with Gasteiger partial charge >= 0.3 is 0 Å². The second kappa shape index (κ2) is 6.97. The fraction of sp³-hybridized carbons (Fsp3) is 0.130. The Morgan fingerprint density at radius 3 is 2.73 bits per heavy atom. The molecule has 3 aromatic carbocycles. The summed E-state index contributed by atoms with van der Waals surface area (Å²) in [5.41, 5.74) is 1.09. The first-order valence-corrected chi connectivity index (χ1v) is 10.2. The van der Waals surface area contributed by atoms with Crippen LogP contribution in [0.15, 0.2) is 71.2 Å². The second-order valence-corrected chi connectivity index (χ2v) is 8.20. The van der Waals surface area contributed by atoms with E-state index in [1.807, 2.05) is 24.3 Å². The molecule has 1 unspecified atom stereocenters. The highest BCUT2D eigenvalue weighted by molar-refractivity contribution is 9.10. The SMILES string of the molecule is O=C1COc2ccc(C3(O)c4ccccc4C(=O)N3Cc3cccc(Br)c3)cc2N1. The van der Waals surface area contributed by atoms with Crippen LogP contribution in [0.4, 0.5) is 5.69 Å². The van der Waals surface area contributed by atoms with E-state index in [2.05, 4.69) is 21.2 Å². The quantitative estimate of drug-likeness (QED) is 0.620. The molecule has 1 atom stereocenters. The van der Waals surface area contributed by atoms with Crippen molar-refractivity contribution in [1.82, 2.24) is 4.90 Å². The number of anilines is 1. The molecule has 150 valence electrons. The first kappa shape index (κ1) is 18.8. The van der Waals surface area contributed by atoms with Gasteiger partial charge in [-0.25, -0.2) is 0 Å². The monoisotopic (exact) mass is 464 g/mol. The first-order chi connectivity index (χ1) is 14.5. The highest BCUT2D eigenvalue weighted by Gasteiger charge is 2.50. The zero-order chi connectivity index (χ0) is 20.9. The molecule has 0 saturated heterocycles. The van der Waals surface area contributed by atoms with Crippen molar-refractivity contribution in [3.8, 4) is 5.75 Å². The second-order valence-electron chi connectivity index (χ2n) is 7.29. The molecule has 30 heavy (non-hydrogen) atoms. The fourth-order valence-corrected chi connectivity index (χ4v) is 4.47. The topological polar surface area (TPSA) is 78.9 Å². The van der Waals surface area contributed by atoms with Crippen LogP contribution in [0, 0.1) is 0 Å². The van der Waals surface area contributed by atoms with Crippen molar-refractivity contribution in [3.63, 3.8) is 0 Å². The van der Waals surface area contributed by atoms with Crippen LogP contribution in [0.2, 0.25) is 0 Å². The van der Waals surface area contributed by atoms with Crippen LogP contribution in [0.3, 0.4) is 0 Å². The molecule has 2 aliphatic heterocycles. The summed E-state index contributed by atoms with van der Waals surface area (Å²) in [6.45, 7) is 0.163. The molecule has 3 aromatic rings. The van der Waals surface area contributed by atoms with Crippen molar-refractivity contribution in [2.75, 3.05) is 11.9 Å². The predicted octanol–water partition coefficient (Wildman–Crippen LogP) is 3.63. The largest absolute Gasteiger partial charge is 0.482 e. The Morgan fingerprint density at radius 1 is 1.07 bits per heavy atom. The van der Waals surface area contributed by atoms with Crippen LogP contribution in [0.5, 0.6) is 5.75 Å². The third kappa shape index (κ3) is 2.89. The van der Waals surface area contributed by atoms with Crippen LogP contribution >= 0.6 is 15.9 Å². The zero-order valence-corrected chi connectivity index (χ0v) is 17.3. The minimum atomic E-state index is -1.69. The number of hydrogen-bond donors (Lipinski definition) is 2. The summed E-state index contributed by atoms with van der Waals surface area (Å²) in [5, 5.41) is 14.7. The number of benzene rings is 3. The Hall–Kier alpha value is -3.16. The number of nitrogens with zero attached hydrogens (tertiary/aromatic N) is 1. The molecular weight excluding hydrogens is 448 g/mol. The van der Waals surface area contributed by atoms with Gasteiger partial charge in [0.15, 0.2) is 12.3 Å². The molecule has 7 heteroatoms. The van der Waals surface area contributed by atoms with E-state index in [4.69, 9.17) is 4.74 Å². The number of aliphatic hydroxyl groups is 1. The van der Waals surface area contributed by atoms with Crippen molar-refractivity contribution in [2.24, 2.45) is 0 Å². The van der Waals surface area contributed by atoms with Gasteiger partial charge in [-0.15, -0.1) is 0 Å². The van der Waals surface area contributed by atoms with Crippen molar-refractivity contribution >= 4 is 33.4 Å². The molecular formula is C23H17BrN2O4. The van der Waals surface area contributed by atoms with E-state index < -0.39 is 5.72 Å². The average Bonchev–Trinajstić information content (AvgIpc) is 2.96. The fourth-order valence-electron chi connectivity index (χ4n) is 4.03. The molecule has 2 amide bonds. The Labute approximate surface area is 181 Å². The highest BCUT2D eigenvalue weighted by atomic mass is 79.9. The minimum absolute atomic E-state index is 0.0487. The molecule has 2 heterocycles. The number of fused-ring (bicyclic) bond motifs is 2. The summed E-state index contributed by atoms with van der Waals surface area (Å²) in [5.74, 6) is 0.00436. The van der Waals surface area contributed by atoms with Crippen LogP contribution < -0.4 is 10.1 Å². The summed E-state index contributed by atoms with van der Waals surface area (Å²) in [6.07, 6.45) is 0. The van der Waals surface area contributed by atoms with Gasteiger partial charge < -0.3 is 15.2 Å². The minimum Gasteiger partial charge on any atom is -0.482 e. The number of nitrogens with one attached hydrogen (secondary N) is 1. The van der Waals surface area contributed by atoms with Gasteiger partial charge in [0.2, 0.25) is 0 Å². The van der Waals surface area contributed by atoms with Crippen molar-refractivity contribution in [1.29, 1.82) is 0 Å². The van der Waals surface area contributed by atoms with Gasteiger partial charge in [0, 0.05) is 27.7 Å². The van der Waals surface area contributed by atoms with Gasteiger partial charge in [0.1, 0.15) is 5.75 Å². The van der Waals surface area contributed by atoms with E-state index >= 15 is 0 Å². The molecule has 2 aliphatic rings. The smallest absolute Gasteiger partial charge is 0.262 e. The van der Waals surface area contributed by atoms with E-state index in [0.29, 0.717) is 28.1 Å². The lowest BCUT2D eigenvalue weighted by atomic mass is 9.93. The van der Waals surface area contributed by atoms with Gasteiger partial charge in [-0.1, -0.05) is 52.3 Å². The predicted molar refractivity (Wildman–Crippen MR) is 114 cm³/mol. The van der Waals surface area contributed by atoms with Gasteiger partial charge in [-0.3, -0.25) is 14.5 Å². The maximum Gasteiger partial charge on any atom is 0.262 e. The summed E-state index contributed by atoms with van der Waals surface area (Å²) < 4.78 is 6.32. The third-order valence-corrected chi connectivity index (χ3v) is 5.91. The van der Waals surface area contributed by atoms with Crippen molar-refractivity contribution in [2.45, 2.75) is 12.3 Å². The molecule has 0 bridgehead atoms. The van der Waals surface area contributed by atoms with Crippen LogP contribution in [0.1, 0.15) is 27.0 Å². The lowest BCUT2D eigenvalue weighted by Gasteiger charge is -2.35. The van der Waals surface area contributed by atoms with E-state index in [1.54, 1.807) is 42.5 Å². The Morgan fingerprint density at radius 2 is 1.90 bits per heavy atom. The van der Waals surface area contributed by atoms with Gasteiger partial charge in [0.05, 0.1) is 5.69 Å². The Kier molecular flexibility index (Phi) is 4.38. The summed E-state index contributed by atoms with van der Waals surface area (Å²) in [4.78, 5) is 26.5. The van der Waals surface area contributed by atoms with Crippen molar-refractivity contribution < 1.29 is 19.4 Å². The maximum atomic E-state index is 13.3. The molecule has 0 saturated carbocycles. The maximum absolute atomic E-state index is 13.3. The van der Waals surface area contributed by atoms with Gasteiger partial charge in [-0.05, 0) is 35.9 Å². The van der Waals surface area contributed by atoms with Crippen molar-refractivity contribution in [3.05, 3.63) is 93.5 Å². The Bertz CT molecular complexity index is 1200. The number of carbonyl (C=O) groups is 2. The third-order valence-electron chi connectivity index (χ3n) is 5.41. The summed E-state index contributed by atoms with van der Waals surface area (Å²) >= 11 is 3.46. The lowest BCUT2D eigenvalue weighted by Crippen LogP contribution is -2.44. The summed E-state index contributed by atoms with van der Waals surface area (Å²) in [6, 6.07) is 19.7.